The summed E-state index contributed by atoms with van der Waals surface area (Å²) in [5, 5.41) is 11.8. The largest absolute Gasteiger partial charge is 0.481 e. The van der Waals surface area contributed by atoms with Crippen LogP contribution in [0, 0.1) is 5.92 Å². The van der Waals surface area contributed by atoms with Gasteiger partial charge >= 0.3 is 5.97 Å². The molecule has 0 radical (unpaired) electrons. The second kappa shape index (κ2) is 6.85. The predicted octanol–water partition coefficient (Wildman–Crippen LogP) is 2.12. The normalized spacial score (nSPS) is 19.6. The fourth-order valence-electron chi connectivity index (χ4n) is 2.15. The highest BCUT2D eigenvalue weighted by atomic mass is 79.9. The molecule has 1 amide bonds. The molecule has 0 spiro atoms. The Labute approximate surface area is 125 Å². The van der Waals surface area contributed by atoms with Crippen LogP contribution in [0.2, 0.25) is 0 Å². The number of carboxylic acid groups (broad SMARTS) is 1. The van der Waals surface area contributed by atoms with E-state index in [2.05, 4.69) is 21.2 Å². The van der Waals surface area contributed by atoms with E-state index < -0.39 is 12.0 Å². The van der Waals surface area contributed by atoms with E-state index in [-0.39, 0.29) is 18.2 Å². The van der Waals surface area contributed by atoms with Gasteiger partial charge in [-0.25, -0.2) is 0 Å². The average molecular weight is 342 g/mol. The number of rotatable bonds is 5. The Balaban J connectivity index is 2.08. The van der Waals surface area contributed by atoms with E-state index in [1.165, 1.54) is 0 Å². The van der Waals surface area contributed by atoms with Gasteiger partial charge in [-0.15, -0.1) is 0 Å². The number of carbonyl (C=O) groups is 2. The quantitative estimate of drug-likeness (QED) is 0.860. The number of carbonyl (C=O) groups excluding carboxylic acids is 1. The summed E-state index contributed by atoms with van der Waals surface area (Å²) in [5.74, 6) is -1.26. The summed E-state index contributed by atoms with van der Waals surface area (Å²) in [5.41, 5.74) is 0.780. The zero-order valence-electron chi connectivity index (χ0n) is 10.8. The van der Waals surface area contributed by atoms with Crippen LogP contribution in [0.1, 0.15) is 24.4 Å². The van der Waals surface area contributed by atoms with E-state index >= 15 is 0 Å². The maximum atomic E-state index is 12.1. The van der Waals surface area contributed by atoms with E-state index in [0.29, 0.717) is 19.6 Å². The first kappa shape index (κ1) is 15.0. The van der Waals surface area contributed by atoms with Gasteiger partial charge in [-0.3, -0.25) is 9.59 Å². The number of hydrogen-bond acceptors (Lipinski definition) is 3. The summed E-state index contributed by atoms with van der Waals surface area (Å²) in [7, 11) is 0. The number of ether oxygens (including phenoxy) is 1. The molecule has 5 nitrogen and oxygen atoms in total. The zero-order chi connectivity index (χ0) is 14.5. The van der Waals surface area contributed by atoms with Gasteiger partial charge in [0.05, 0.1) is 25.0 Å². The minimum Gasteiger partial charge on any atom is -0.481 e. The van der Waals surface area contributed by atoms with Crippen LogP contribution in [-0.2, 0) is 14.3 Å². The lowest BCUT2D eigenvalue weighted by molar-refractivity contribution is -0.137. The predicted molar refractivity (Wildman–Crippen MR) is 76.2 cm³/mol. The lowest BCUT2D eigenvalue weighted by Crippen LogP contribution is -2.35. The highest BCUT2D eigenvalue weighted by Crippen LogP contribution is 2.21. The Bertz CT molecular complexity index is 482. The molecule has 6 heteroatoms. The Hall–Kier alpha value is -1.40. The van der Waals surface area contributed by atoms with Gasteiger partial charge in [0, 0.05) is 11.1 Å². The lowest BCUT2D eigenvalue weighted by Gasteiger charge is -2.19. The van der Waals surface area contributed by atoms with E-state index in [1.807, 2.05) is 24.3 Å². The molecule has 1 saturated heterocycles. The molecule has 2 atom stereocenters. The van der Waals surface area contributed by atoms with E-state index in [4.69, 9.17) is 9.84 Å². The SMILES string of the molecule is O=C(O)C[C@@H](NC(=O)[C@H]1CCOC1)c1ccc(Br)cc1. The first-order valence-corrected chi connectivity index (χ1v) is 7.21. The first-order valence-electron chi connectivity index (χ1n) is 6.41. The first-order chi connectivity index (χ1) is 9.56. The van der Waals surface area contributed by atoms with Gasteiger partial charge in [0.25, 0.3) is 0 Å². The third-order valence-corrected chi connectivity index (χ3v) is 3.80. The highest BCUT2D eigenvalue weighted by molar-refractivity contribution is 9.10. The zero-order valence-corrected chi connectivity index (χ0v) is 12.4. The molecule has 1 fully saturated rings. The van der Waals surface area contributed by atoms with Gasteiger partial charge in [0.15, 0.2) is 0 Å². The summed E-state index contributed by atoms with van der Waals surface area (Å²) in [6.45, 7) is 0.992. The summed E-state index contributed by atoms with van der Waals surface area (Å²) in [6, 6.07) is 6.75. The Morgan fingerprint density at radius 1 is 1.40 bits per heavy atom. The number of amides is 1. The van der Waals surface area contributed by atoms with Crippen molar-refractivity contribution in [3.8, 4) is 0 Å². The second-order valence-electron chi connectivity index (χ2n) is 4.77. The Kier molecular flexibility index (Phi) is 5.14. The van der Waals surface area contributed by atoms with Crippen molar-refractivity contribution in [1.29, 1.82) is 0 Å². The molecular weight excluding hydrogens is 326 g/mol. The van der Waals surface area contributed by atoms with Gasteiger partial charge in [-0.1, -0.05) is 28.1 Å². The third kappa shape index (κ3) is 4.05. The number of hydrogen-bond donors (Lipinski definition) is 2. The van der Waals surface area contributed by atoms with Crippen molar-refractivity contribution in [1.82, 2.24) is 5.32 Å². The van der Waals surface area contributed by atoms with Crippen LogP contribution < -0.4 is 5.32 Å². The monoisotopic (exact) mass is 341 g/mol. The molecule has 20 heavy (non-hydrogen) atoms. The van der Waals surface area contributed by atoms with Gasteiger partial charge in [-0.2, -0.15) is 0 Å². The molecule has 1 aromatic carbocycles. The topological polar surface area (TPSA) is 75.6 Å². The maximum Gasteiger partial charge on any atom is 0.305 e. The molecular formula is C14H16BrNO4. The summed E-state index contributed by atoms with van der Waals surface area (Å²) >= 11 is 3.33. The van der Waals surface area contributed by atoms with Crippen LogP contribution in [0.25, 0.3) is 0 Å². The molecule has 0 saturated carbocycles. The van der Waals surface area contributed by atoms with Crippen molar-refractivity contribution in [2.75, 3.05) is 13.2 Å². The lowest BCUT2D eigenvalue weighted by atomic mass is 10.0. The van der Waals surface area contributed by atoms with Crippen molar-refractivity contribution < 1.29 is 19.4 Å². The van der Waals surface area contributed by atoms with Gasteiger partial charge in [0.2, 0.25) is 5.91 Å². The fraction of sp³-hybridized carbons (Fsp3) is 0.429. The van der Waals surface area contributed by atoms with Gasteiger partial charge in [-0.05, 0) is 24.1 Å². The number of nitrogens with one attached hydrogen (secondary N) is 1. The molecule has 1 heterocycles. The molecule has 1 aliphatic heterocycles. The fourth-order valence-corrected chi connectivity index (χ4v) is 2.42. The van der Waals surface area contributed by atoms with Crippen LogP contribution in [0.15, 0.2) is 28.7 Å². The van der Waals surface area contributed by atoms with Crippen LogP contribution in [0.4, 0.5) is 0 Å². The van der Waals surface area contributed by atoms with Crippen LogP contribution in [0.3, 0.4) is 0 Å². The number of benzene rings is 1. The average Bonchev–Trinajstić information content (AvgIpc) is 2.92. The van der Waals surface area contributed by atoms with E-state index in [0.717, 1.165) is 10.0 Å². The Morgan fingerprint density at radius 2 is 2.10 bits per heavy atom. The van der Waals surface area contributed by atoms with E-state index in [1.54, 1.807) is 0 Å². The molecule has 1 aromatic rings. The molecule has 1 aliphatic rings. The molecule has 0 aliphatic carbocycles. The van der Waals surface area contributed by atoms with Crippen molar-refractivity contribution in [2.24, 2.45) is 5.92 Å². The Morgan fingerprint density at radius 3 is 2.65 bits per heavy atom. The smallest absolute Gasteiger partial charge is 0.305 e. The van der Waals surface area contributed by atoms with Crippen LogP contribution in [0.5, 0.6) is 0 Å². The summed E-state index contributed by atoms with van der Waals surface area (Å²) in [6.07, 6.45) is 0.549. The summed E-state index contributed by atoms with van der Waals surface area (Å²) in [4.78, 5) is 23.1. The maximum absolute atomic E-state index is 12.1. The molecule has 0 aromatic heterocycles. The van der Waals surface area contributed by atoms with Crippen molar-refractivity contribution in [3.63, 3.8) is 0 Å². The number of halogens is 1. The molecule has 0 bridgehead atoms. The van der Waals surface area contributed by atoms with Crippen LogP contribution in [-0.4, -0.2) is 30.2 Å². The second-order valence-corrected chi connectivity index (χ2v) is 5.69. The number of carboxylic acids is 1. The molecule has 2 rings (SSSR count). The van der Waals surface area contributed by atoms with Gasteiger partial charge in [0.1, 0.15) is 0 Å². The standard InChI is InChI=1S/C14H16BrNO4/c15-11-3-1-9(2-4-11)12(7-13(17)18)16-14(19)10-5-6-20-8-10/h1-4,10,12H,5-8H2,(H,16,19)(H,17,18)/t10-,12+/m0/s1. The molecule has 2 N–H and O–H groups in total. The molecule has 108 valence electrons. The van der Waals surface area contributed by atoms with Gasteiger partial charge < -0.3 is 15.2 Å². The summed E-state index contributed by atoms with van der Waals surface area (Å²) < 4.78 is 6.09. The highest BCUT2D eigenvalue weighted by Gasteiger charge is 2.26. The third-order valence-electron chi connectivity index (χ3n) is 3.27. The van der Waals surface area contributed by atoms with Crippen LogP contribution >= 0.6 is 15.9 Å². The minimum absolute atomic E-state index is 0.138. The van der Waals surface area contributed by atoms with Crippen molar-refractivity contribution in [3.05, 3.63) is 34.3 Å². The van der Waals surface area contributed by atoms with E-state index in [9.17, 15) is 9.59 Å². The molecule has 0 unspecified atom stereocenters. The number of aliphatic carboxylic acids is 1. The minimum atomic E-state index is -0.944. The van der Waals surface area contributed by atoms with Crippen molar-refractivity contribution in [2.45, 2.75) is 18.9 Å². The van der Waals surface area contributed by atoms with Crippen molar-refractivity contribution >= 4 is 27.8 Å².